The minimum atomic E-state index is -2.19. The van der Waals surface area contributed by atoms with E-state index in [2.05, 4.69) is 10.2 Å². The highest BCUT2D eigenvalue weighted by molar-refractivity contribution is 7.99. The van der Waals surface area contributed by atoms with Crippen LogP contribution in [-0.4, -0.2) is 27.5 Å². The maximum atomic E-state index is 14.1. The van der Waals surface area contributed by atoms with Crippen LogP contribution in [0.15, 0.2) is 27.6 Å². The summed E-state index contributed by atoms with van der Waals surface area (Å²) in [5, 5.41) is 9.83. The quantitative estimate of drug-likeness (QED) is 0.321. The number of ether oxygens (including phenoxy) is 1. The van der Waals surface area contributed by atoms with Crippen LogP contribution in [0.5, 0.6) is 0 Å². The molecule has 148 valence electrons. The normalized spacial score (nSPS) is 16.8. The van der Waals surface area contributed by atoms with Crippen LogP contribution < -0.4 is 0 Å². The zero-order valence-corrected chi connectivity index (χ0v) is 15.7. The standard InChI is InChI=1S/C17H12F5N3OS2/c18-10-11(19)13(21)15(14(22)12(10)20)28-17-24-23-16(9-4-2-6-27-9)25(17)7-8-3-1-5-26-8/h2,4,6,8H,1,3,5,7H2. The Morgan fingerprint density at radius 3 is 2.39 bits per heavy atom. The molecule has 0 saturated carbocycles. The fourth-order valence-corrected chi connectivity index (χ4v) is 4.49. The Labute approximate surface area is 164 Å². The van der Waals surface area contributed by atoms with Gasteiger partial charge in [0.1, 0.15) is 0 Å². The van der Waals surface area contributed by atoms with Gasteiger partial charge in [0.2, 0.25) is 5.82 Å². The van der Waals surface area contributed by atoms with E-state index in [-0.39, 0.29) is 11.3 Å². The maximum absolute atomic E-state index is 14.1. The molecule has 1 saturated heterocycles. The highest BCUT2D eigenvalue weighted by Crippen LogP contribution is 2.37. The average molecular weight is 433 g/mol. The molecule has 0 bridgehead atoms. The first-order valence-corrected chi connectivity index (χ1v) is 9.95. The van der Waals surface area contributed by atoms with E-state index in [1.54, 1.807) is 10.6 Å². The first kappa shape index (κ1) is 19.3. The van der Waals surface area contributed by atoms with Crippen molar-refractivity contribution >= 4 is 23.1 Å². The summed E-state index contributed by atoms with van der Waals surface area (Å²) < 4.78 is 75.7. The second-order valence-electron chi connectivity index (χ2n) is 6.03. The molecule has 11 heteroatoms. The summed E-state index contributed by atoms with van der Waals surface area (Å²) in [5.41, 5.74) is 0. The van der Waals surface area contributed by atoms with Crippen molar-refractivity contribution in [2.45, 2.75) is 35.5 Å². The Morgan fingerprint density at radius 1 is 1.07 bits per heavy atom. The van der Waals surface area contributed by atoms with E-state index in [4.69, 9.17) is 4.74 Å². The molecule has 1 aliphatic heterocycles. The Balaban J connectivity index is 1.76. The number of benzene rings is 1. The van der Waals surface area contributed by atoms with Crippen molar-refractivity contribution in [1.82, 2.24) is 14.8 Å². The molecule has 1 atom stereocenters. The number of hydrogen-bond acceptors (Lipinski definition) is 5. The molecule has 1 unspecified atom stereocenters. The summed E-state index contributed by atoms with van der Waals surface area (Å²) in [5.74, 6) is -9.54. The van der Waals surface area contributed by atoms with Crippen molar-refractivity contribution < 1.29 is 26.7 Å². The van der Waals surface area contributed by atoms with Crippen molar-refractivity contribution in [2.75, 3.05) is 6.61 Å². The van der Waals surface area contributed by atoms with Gasteiger partial charge in [0, 0.05) is 6.61 Å². The molecule has 3 aromatic rings. The molecular formula is C17H12F5N3OS2. The lowest BCUT2D eigenvalue weighted by molar-refractivity contribution is 0.0953. The van der Waals surface area contributed by atoms with Gasteiger partial charge in [0.25, 0.3) is 0 Å². The molecule has 28 heavy (non-hydrogen) atoms. The van der Waals surface area contributed by atoms with Crippen molar-refractivity contribution in [3.05, 3.63) is 46.6 Å². The minimum Gasteiger partial charge on any atom is -0.376 e. The molecule has 4 rings (SSSR count). The number of nitrogens with zero attached hydrogens (tertiary/aromatic N) is 3. The third-order valence-corrected chi connectivity index (χ3v) is 6.14. The fraction of sp³-hybridized carbons (Fsp3) is 0.294. The van der Waals surface area contributed by atoms with Crippen LogP contribution >= 0.6 is 23.1 Å². The van der Waals surface area contributed by atoms with Gasteiger partial charge in [-0.05, 0) is 36.0 Å². The fourth-order valence-electron chi connectivity index (χ4n) is 2.87. The summed E-state index contributed by atoms with van der Waals surface area (Å²) in [6, 6.07) is 3.61. The molecule has 3 heterocycles. The van der Waals surface area contributed by atoms with Crippen molar-refractivity contribution in [3.63, 3.8) is 0 Å². The van der Waals surface area contributed by atoms with E-state index in [1.165, 1.54) is 11.3 Å². The molecule has 1 fully saturated rings. The monoisotopic (exact) mass is 433 g/mol. The first-order chi connectivity index (χ1) is 13.5. The van der Waals surface area contributed by atoms with Crippen LogP contribution in [0, 0.1) is 29.1 Å². The predicted molar refractivity (Wildman–Crippen MR) is 92.7 cm³/mol. The van der Waals surface area contributed by atoms with E-state index >= 15 is 0 Å². The van der Waals surface area contributed by atoms with Crippen LogP contribution in [0.4, 0.5) is 22.0 Å². The minimum absolute atomic E-state index is 0.0158. The van der Waals surface area contributed by atoms with E-state index in [0.717, 1.165) is 17.7 Å². The van der Waals surface area contributed by atoms with E-state index in [1.807, 2.05) is 11.4 Å². The van der Waals surface area contributed by atoms with E-state index < -0.39 is 34.0 Å². The Bertz CT molecular complexity index is 974. The summed E-state index contributed by atoms with van der Waals surface area (Å²) in [6.07, 6.45) is 1.51. The first-order valence-electron chi connectivity index (χ1n) is 8.25. The number of halogens is 5. The Kier molecular flexibility index (Phi) is 5.39. The van der Waals surface area contributed by atoms with Gasteiger partial charge in [-0.25, -0.2) is 22.0 Å². The van der Waals surface area contributed by atoms with Gasteiger partial charge in [-0.3, -0.25) is 4.57 Å². The SMILES string of the molecule is Fc1c(F)c(F)c(Sc2nnc(-c3cccs3)n2CC2CCCO2)c(F)c1F. The lowest BCUT2D eigenvalue weighted by Crippen LogP contribution is -2.16. The number of hydrogen-bond donors (Lipinski definition) is 0. The lowest BCUT2D eigenvalue weighted by Gasteiger charge is -2.14. The summed E-state index contributed by atoms with van der Waals surface area (Å²) >= 11 is 1.74. The second kappa shape index (κ2) is 7.80. The van der Waals surface area contributed by atoms with Gasteiger partial charge in [0.15, 0.2) is 34.2 Å². The maximum Gasteiger partial charge on any atom is 0.200 e. The third-order valence-electron chi connectivity index (χ3n) is 4.23. The average Bonchev–Trinajstić information content (AvgIpc) is 3.45. The molecule has 2 aromatic heterocycles. The third kappa shape index (κ3) is 3.42. The molecule has 0 aliphatic carbocycles. The van der Waals surface area contributed by atoms with Crippen LogP contribution in [0.3, 0.4) is 0 Å². The summed E-state index contributed by atoms with van der Waals surface area (Å²) in [7, 11) is 0. The van der Waals surface area contributed by atoms with Crippen molar-refractivity contribution in [1.29, 1.82) is 0 Å². The van der Waals surface area contributed by atoms with Gasteiger partial charge < -0.3 is 4.74 Å². The van der Waals surface area contributed by atoms with E-state index in [0.29, 0.717) is 30.7 Å². The van der Waals surface area contributed by atoms with Crippen molar-refractivity contribution in [3.8, 4) is 10.7 Å². The zero-order chi connectivity index (χ0) is 19.8. The zero-order valence-electron chi connectivity index (χ0n) is 14.1. The van der Waals surface area contributed by atoms with Crippen LogP contribution in [0.2, 0.25) is 0 Å². The lowest BCUT2D eigenvalue weighted by atomic mass is 10.2. The highest BCUT2D eigenvalue weighted by atomic mass is 32.2. The van der Waals surface area contributed by atoms with Crippen LogP contribution in [0.1, 0.15) is 12.8 Å². The number of aromatic nitrogens is 3. The molecule has 4 nitrogen and oxygen atoms in total. The highest BCUT2D eigenvalue weighted by Gasteiger charge is 2.29. The summed E-state index contributed by atoms with van der Waals surface area (Å²) in [4.78, 5) is -0.259. The van der Waals surface area contributed by atoms with Gasteiger partial charge in [0.05, 0.1) is 22.4 Å². The molecule has 0 spiro atoms. The van der Waals surface area contributed by atoms with Gasteiger partial charge in [-0.1, -0.05) is 6.07 Å². The molecule has 0 amide bonds. The van der Waals surface area contributed by atoms with Crippen LogP contribution in [0.25, 0.3) is 10.7 Å². The largest absolute Gasteiger partial charge is 0.376 e. The van der Waals surface area contributed by atoms with Crippen molar-refractivity contribution in [2.24, 2.45) is 0 Å². The number of thiophene rings is 1. The smallest absolute Gasteiger partial charge is 0.200 e. The van der Waals surface area contributed by atoms with Gasteiger partial charge >= 0.3 is 0 Å². The second-order valence-corrected chi connectivity index (χ2v) is 7.96. The molecule has 1 aliphatic rings. The Morgan fingerprint density at radius 2 is 1.79 bits per heavy atom. The van der Waals surface area contributed by atoms with E-state index in [9.17, 15) is 22.0 Å². The predicted octanol–water partition coefficient (Wildman–Crippen LogP) is 5.03. The number of rotatable bonds is 5. The Hall–Kier alpha value is -1.98. The van der Waals surface area contributed by atoms with Crippen LogP contribution in [-0.2, 0) is 11.3 Å². The molecule has 0 radical (unpaired) electrons. The molecule has 0 N–H and O–H groups in total. The topological polar surface area (TPSA) is 39.9 Å². The summed E-state index contributed by atoms with van der Waals surface area (Å²) in [6.45, 7) is 0.902. The van der Waals surface area contributed by atoms with Gasteiger partial charge in [-0.2, -0.15) is 0 Å². The molecule has 1 aromatic carbocycles. The van der Waals surface area contributed by atoms with Gasteiger partial charge in [-0.15, -0.1) is 21.5 Å². The molecular weight excluding hydrogens is 421 g/mol.